The van der Waals surface area contributed by atoms with Gasteiger partial charge in [0.1, 0.15) is 5.82 Å². The van der Waals surface area contributed by atoms with Crippen LogP contribution in [0, 0.1) is 6.92 Å². The Balaban J connectivity index is 1.85. The number of rotatable bonds is 6. The van der Waals surface area contributed by atoms with Crippen LogP contribution in [0.2, 0.25) is 0 Å². The lowest BCUT2D eigenvalue weighted by molar-refractivity contribution is 0.142. The van der Waals surface area contributed by atoms with Gasteiger partial charge in [-0.15, -0.1) is 0 Å². The predicted molar refractivity (Wildman–Crippen MR) is 92.6 cm³/mol. The number of fused-ring (bicyclic) bond motifs is 1. The summed E-state index contributed by atoms with van der Waals surface area (Å²) in [5, 5.41) is 10.4. The van der Waals surface area contributed by atoms with Gasteiger partial charge in [0.15, 0.2) is 5.52 Å². The average Bonchev–Trinajstić information content (AvgIpc) is 3.02. The van der Waals surface area contributed by atoms with Gasteiger partial charge in [-0.05, 0) is 45.3 Å². The van der Waals surface area contributed by atoms with E-state index in [1.54, 1.807) is 0 Å². The molecule has 0 aliphatic rings. The number of hydrogen-bond donors (Lipinski definition) is 2. The van der Waals surface area contributed by atoms with Crippen molar-refractivity contribution in [3.8, 4) is 0 Å². The van der Waals surface area contributed by atoms with Crippen LogP contribution in [-0.4, -0.2) is 33.3 Å². The Morgan fingerprint density at radius 3 is 2.84 bits per heavy atom. The van der Waals surface area contributed by atoms with E-state index in [4.69, 9.17) is 5.73 Å². The highest BCUT2D eigenvalue weighted by atomic mass is 79.9. The standard InChI is InChI=1S/C15H15BrF2N6O/c1-7-9(12(19)13-15(21-7)24-25-23-13)6-8-2-3-10(16)14(22-8)20-5-4-11(17)18/h2-3,11H,4-6,19H2,1H3,(H,20,22). The molecule has 3 aromatic rings. The van der Waals surface area contributed by atoms with Crippen LogP contribution in [0.5, 0.6) is 0 Å². The van der Waals surface area contributed by atoms with E-state index in [1.807, 2.05) is 19.1 Å². The number of aromatic nitrogens is 4. The second kappa shape index (κ2) is 7.26. The third kappa shape index (κ3) is 3.84. The SMILES string of the molecule is Cc1nc2nonc2c(N)c1Cc1ccc(Br)c(NCCC(F)F)n1. The van der Waals surface area contributed by atoms with E-state index >= 15 is 0 Å². The van der Waals surface area contributed by atoms with Crippen molar-refractivity contribution in [1.29, 1.82) is 0 Å². The van der Waals surface area contributed by atoms with E-state index < -0.39 is 6.43 Å². The molecular weight excluding hydrogens is 398 g/mol. The van der Waals surface area contributed by atoms with Gasteiger partial charge in [0.05, 0.1) is 10.2 Å². The number of anilines is 2. The van der Waals surface area contributed by atoms with Crippen molar-refractivity contribution in [3.63, 3.8) is 0 Å². The molecule has 0 fully saturated rings. The molecule has 0 aliphatic heterocycles. The minimum absolute atomic E-state index is 0.131. The molecule has 0 bridgehead atoms. The molecule has 0 amide bonds. The zero-order chi connectivity index (χ0) is 18.0. The van der Waals surface area contributed by atoms with Crippen molar-refractivity contribution < 1.29 is 13.4 Å². The number of alkyl halides is 2. The average molecular weight is 413 g/mol. The summed E-state index contributed by atoms with van der Waals surface area (Å²) in [5.74, 6) is 0.506. The number of nitrogens with zero attached hydrogens (tertiary/aromatic N) is 4. The molecule has 0 aliphatic carbocycles. The zero-order valence-corrected chi connectivity index (χ0v) is 14.8. The first kappa shape index (κ1) is 17.5. The van der Waals surface area contributed by atoms with Crippen LogP contribution >= 0.6 is 15.9 Å². The third-order valence-electron chi connectivity index (χ3n) is 3.68. The number of halogens is 3. The second-order valence-corrected chi connectivity index (χ2v) is 6.30. The van der Waals surface area contributed by atoms with Crippen LogP contribution in [0.15, 0.2) is 21.2 Å². The topological polar surface area (TPSA) is 103 Å². The van der Waals surface area contributed by atoms with Crippen molar-refractivity contribution in [2.45, 2.75) is 26.2 Å². The molecule has 25 heavy (non-hydrogen) atoms. The molecule has 3 N–H and O–H groups in total. The molecular formula is C15H15BrF2N6O. The normalized spacial score (nSPS) is 11.4. The van der Waals surface area contributed by atoms with E-state index in [9.17, 15) is 8.78 Å². The van der Waals surface area contributed by atoms with Gasteiger partial charge >= 0.3 is 0 Å². The Hall–Kier alpha value is -2.36. The summed E-state index contributed by atoms with van der Waals surface area (Å²) >= 11 is 3.36. The fourth-order valence-electron chi connectivity index (χ4n) is 2.40. The minimum atomic E-state index is -2.36. The molecule has 7 nitrogen and oxygen atoms in total. The molecule has 0 unspecified atom stereocenters. The molecule has 0 atom stereocenters. The van der Waals surface area contributed by atoms with Gasteiger partial charge in [0, 0.05) is 36.3 Å². The molecule has 0 saturated carbocycles. The van der Waals surface area contributed by atoms with E-state index in [2.05, 4.69) is 46.2 Å². The predicted octanol–water partition coefficient (Wildman–Crippen LogP) is 3.32. The molecule has 0 spiro atoms. The number of nitrogens with one attached hydrogen (secondary N) is 1. The Morgan fingerprint density at radius 2 is 2.08 bits per heavy atom. The summed E-state index contributed by atoms with van der Waals surface area (Å²) in [5.41, 5.74) is 9.57. The number of hydrogen-bond acceptors (Lipinski definition) is 7. The van der Waals surface area contributed by atoms with E-state index in [0.717, 1.165) is 11.3 Å². The maximum atomic E-state index is 12.3. The lowest BCUT2D eigenvalue weighted by atomic mass is 10.1. The minimum Gasteiger partial charge on any atom is -0.396 e. The summed E-state index contributed by atoms with van der Waals surface area (Å²) in [6.45, 7) is 1.95. The quantitative estimate of drug-likeness (QED) is 0.639. The fourth-order valence-corrected chi connectivity index (χ4v) is 2.76. The van der Waals surface area contributed by atoms with Crippen molar-refractivity contribution in [3.05, 3.63) is 33.6 Å². The fraction of sp³-hybridized carbons (Fsp3) is 0.333. The summed E-state index contributed by atoms with van der Waals surface area (Å²) in [4.78, 5) is 8.79. The number of pyridine rings is 2. The van der Waals surface area contributed by atoms with Gasteiger partial charge in [-0.1, -0.05) is 0 Å². The van der Waals surface area contributed by atoms with Gasteiger partial charge in [0.2, 0.25) is 12.1 Å². The van der Waals surface area contributed by atoms with Gasteiger partial charge in [-0.2, -0.15) is 0 Å². The van der Waals surface area contributed by atoms with Crippen LogP contribution in [0.25, 0.3) is 11.2 Å². The van der Waals surface area contributed by atoms with Crippen molar-refractivity contribution in [1.82, 2.24) is 20.3 Å². The molecule has 0 aromatic carbocycles. The van der Waals surface area contributed by atoms with Crippen LogP contribution in [-0.2, 0) is 6.42 Å². The molecule has 3 rings (SSSR count). The smallest absolute Gasteiger partial charge is 0.240 e. The Kier molecular flexibility index (Phi) is 5.07. The number of aryl methyl sites for hydroxylation is 1. The van der Waals surface area contributed by atoms with Crippen LogP contribution in [0.4, 0.5) is 20.3 Å². The van der Waals surface area contributed by atoms with E-state index in [1.165, 1.54) is 0 Å². The summed E-state index contributed by atoms with van der Waals surface area (Å²) in [6, 6.07) is 3.63. The van der Waals surface area contributed by atoms with Gasteiger partial charge in [0.25, 0.3) is 0 Å². The van der Waals surface area contributed by atoms with Crippen molar-refractivity contribution >= 4 is 38.6 Å². The lowest BCUT2D eigenvalue weighted by Gasteiger charge is -2.11. The van der Waals surface area contributed by atoms with Gasteiger partial charge < -0.3 is 11.1 Å². The lowest BCUT2D eigenvalue weighted by Crippen LogP contribution is -2.09. The summed E-state index contributed by atoms with van der Waals surface area (Å²) < 4.78 is 29.9. The summed E-state index contributed by atoms with van der Waals surface area (Å²) in [6.07, 6.45) is -2.18. The highest BCUT2D eigenvalue weighted by Crippen LogP contribution is 2.27. The molecule has 10 heteroatoms. The number of nitrogens with two attached hydrogens (primary N) is 1. The van der Waals surface area contributed by atoms with E-state index in [-0.39, 0.29) is 13.0 Å². The van der Waals surface area contributed by atoms with Crippen molar-refractivity contribution in [2.24, 2.45) is 0 Å². The first-order chi connectivity index (χ1) is 12.0. The van der Waals surface area contributed by atoms with Crippen molar-refractivity contribution in [2.75, 3.05) is 17.6 Å². The Morgan fingerprint density at radius 1 is 1.28 bits per heavy atom. The highest BCUT2D eigenvalue weighted by Gasteiger charge is 2.16. The maximum absolute atomic E-state index is 12.3. The largest absolute Gasteiger partial charge is 0.396 e. The van der Waals surface area contributed by atoms with Crippen LogP contribution < -0.4 is 11.1 Å². The zero-order valence-electron chi connectivity index (χ0n) is 13.3. The third-order valence-corrected chi connectivity index (χ3v) is 4.32. The first-order valence-electron chi connectivity index (χ1n) is 7.50. The molecule has 0 radical (unpaired) electrons. The van der Waals surface area contributed by atoms with Gasteiger partial charge in [-0.25, -0.2) is 23.4 Å². The molecule has 0 saturated heterocycles. The second-order valence-electron chi connectivity index (χ2n) is 5.44. The monoisotopic (exact) mass is 412 g/mol. The Labute approximate surface area is 150 Å². The number of nitrogen functional groups attached to an aromatic ring is 1. The Bertz CT molecular complexity index is 901. The van der Waals surface area contributed by atoms with Crippen LogP contribution in [0.3, 0.4) is 0 Å². The molecule has 132 valence electrons. The van der Waals surface area contributed by atoms with Crippen LogP contribution in [0.1, 0.15) is 23.4 Å². The van der Waals surface area contributed by atoms with E-state index in [0.29, 0.717) is 39.3 Å². The maximum Gasteiger partial charge on any atom is 0.240 e. The first-order valence-corrected chi connectivity index (χ1v) is 8.29. The molecule has 3 heterocycles. The molecule has 3 aromatic heterocycles. The highest BCUT2D eigenvalue weighted by molar-refractivity contribution is 9.10. The summed E-state index contributed by atoms with van der Waals surface area (Å²) in [7, 11) is 0. The van der Waals surface area contributed by atoms with Gasteiger partial charge in [-0.3, -0.25) is 0 Å².